The molecule has 0 bridgehead atoms. The number of carbonyl (C=O) groups excluding carboxylic acids is 2. The number of furan rings is 1. The van der Waals surface area contributed by atoms with Crippen molar-refractivity contribution in [3.8, 4) is 0 Å². The van der Waals surface area contributed by atoms with Crippen LogP contribution in [0.15, 0.2) is 53.1 Å². The van der Waals surface area contributed by atoms with Crippen LogP contribution < -0.4 is 5.32 Å². The third kappa shape index (κ3) is 4.29. The summed E-state index contributed by atoms with van der Waals surface area (Å²) in [6.07, 6.45) is 2.20. The fraction of sp³-hybridized carbons (Fsp3) is 0.400. The first kappa shape index (κ1) is 17.3. The number of rotatable bonds is 7. The standard InChI is InChI=1S/C20H24N2O3/c1-14(2)22(13-15-7-4-3-5-8-15)20(24)18-11-17(18)19(23)21-12-16-9-6-10-25-16/h3-10,14,17-18H,11-13H2,1-2H3,(H,21,23). The molecule has 2 atom stereocenters. The zero-order chi connectivity index (χ0) is 17.8. The van der Waals surface area contributed by atoms with Gasteiger partial charge in [-0.05, 0) is 38.0 Å². The van der Waals surface area contributed by atoms with Gasteiger partial charge < -0.3 is 14.6 Å². The fourth-order valence-electron chi connectivity index (χ4n) is 2.98. The molecule has 2 aromatic rings. The van der Waals surface area contributed by atoms with E-state index in [1.54, 1.807) is 12.3 Å². The van der Waals surface area contributed by atoms with Crippen molar-refractivity contribution in [3.63, 3.8) is 0 Å². The van der Waals surface area contributed by atoms with E-state index >= 15 is 0 Å². The molecule has 1 fully saturated rings. The van der Waals surface area contributed by atoms with Gasteiger partial charge in [-0.1, -0.05) is 30.3 Å². The van der Waals surface area contributed by atoms with E-state index in [2.05, 4.69) is 5.32 Å². The summed E-state index contributed by atoms with van der Waals surface area (Å²) in [6, 6.07) is 13.6. The minimum Gasteiger partial charge on any atom is -0.467 e. The Morgan fingerprint density at radius 2 is 1.92 bits per heavy atom. The second kappa shape index (κ2) is 7.55. The van der Waals surface area contributed by atoms with Crippen LogP contribution in [0.5, 0.6) is 0 Å². The van der Waals surface area contributed by atoms with Crippen LogP contribution in [0, 0.1) is 11.8 Å². The Balaban J connectivity index is 1.55. The molecule has 5 heteroatoms. The van der Waals surface area contributed by atoms with Crippen LogP contribution in [-0.2, 0) is 22.7 Å². The van der Waals surface area contributed by atoms with Gasteiger partial charge in [0.25, 0.3) is 0 Å². The van der Waals surface area contributed by atoms with Gasteiger partial charge in [0.2, 0.25) is 11.8 Å². The molecule has 2 amide bonds. The molecule has 0 spiro atoms. The molecule has 1 aliphatic carbocycles. The molecule has 25 heavy (non-hydrogen) atoms. The van der Waals surface area contributed by atoms with Gasteiger partial charge in [-0.15, -0.1) is 0 Å². The summed E-state index contributed by atoms with van der Waals surface area (Å²) in [5.41, 5.74) is 1.10. The Bertz CT molecular complexity index is 710. The first-order chi connectivity index (χ1) is 12.1. The first-order valence-electron chi connectivity index (χ1n) is 8.70. The number of nitrogens with zero attached hydrogens (tertiary/aromatic N) is 1. The maximum absolute atomic E-state index is 12.8. The summed E-state index contributed by atoms with van der Waals surface area (Å²) in [7, 11) is 0. The van der Waals surface area contributed by atoms with E-state index in [4.69, 9.17) is 4.42 Å². The van der Waals surface area contributed by atoms with E-state index in [0.717, 1.165) is 5.56 Å². The van der Waals surface area contributed by atoms with Gasteiger partial charge in [0.1, 0.15) is 5.76 Å². The first-order valence-corrected chi connectivity index (χ1v) is 8.70. The summed E-state index contributed by atoms with van der Waals surface area (Å²) in [4.78, 5) is 26.9. The number of hydrogen-bond donors (Lipinski definition) is 1. The number of benzene rings is 1. The summed E-state index contributed by atoms with van der Waals surface area (Å²) < 4.78 is 5.20. The van der Waals surface area contributed by atoms with Crippen LogP contribution >= 0.6 is 0 Å². The Morgan fingerprint density at radius 1 is 1.16 bits per heavy atom. The van der Waals surface area contributed by atoms with Crippen LogP contribution in [0.3, 0.4) is 0 Å². The molecule has 1 heterocycles. The number of amides is 2. The molecule has 1 N–H and O–H groups in total. The van der Waals surface area contributed by atoms with Gasteiger partial charge in [-0.25, -0.2) is 0 Å². The quantitative estimate of drug-likeness (QED) is 0.843. The minimum atomic E-state index is -0.223. The summed E-state index contributed by atoms with van der Waals surface area (Å²) in [5, 5.41) is 2.85. The van der Waals surface area contributed by atoms with E-state index in [9.17, 15) is 9.59 Å². The molecule has 1 aromatic heterocycles. The lowest BCUT2D eigenvalue weighted by Crippen LogP contribution is -2.38. The Hall–Kier alpha value is -2.56. The molecule has 2 unspecified atom stereocenters. The van der Waals surface area contributed by atoms with Crippen molar-refractivity contribution in [1.29, 1.82) is 0 Å². The molecule has 1 saturated carbocycles. The predicted octanol–water partition coefficient (Wildman–Crippen LogP) is 2.97. The smallest absolute Gasteiger partial charge is 0.227 e. The number of nitrogens with one attached hydrogen (secondary N) is 1. The molecule has 1 aliphatic rings. The molecule has 5 nitrogen and oxygen atoms in total. The maximum atomic E-state index is 12.8. The zero-order valence-electron chi connectivity index (χ0n) is 14.6. The van der Waals surface area contributed by atoms with E-state index < -0.39 is 0 Å². The number of carbonyl (C=O) groups is 2. The van der Waals surface area contributed by atoms with Gasteiger partial charge in [0.05, 0.1) is 24.6 Å². The second-order valence-corrected chi connectivity index (χ2v) is 6.79. The van der Waals surface area contributed by atoms with Crippen molar-refractivity contribution < 1.29 is 14.0 Å². The minimum absolute atomic E-state index is 0.0667. The lowest BCUT2D eigenvalue weighted by atomic mass is 10.1. The molecule has 0 saturated heterocycles. The van der Waals surface area contributed by atoms with E-state index in [1.165, 1.54) is 0 Å². The largest absolute Gasteiger partial charge is 0.467 e. The molecule has 0 aliphatic heterocycles. The SMILES string of the molecule is CC(C)N(Cc1ccccc1)C(=O)C1CC1C(=O)NCc1ccco1. The van der Waals surface area contributed by atoms with Crippen LogP contribution in [0.2, 0.25) is 0 Å². The van der Waals surface area contributed by atoms with Crippen molar-refractivity contribution in [2.75, 3.05) is 0 Å². The van der Waals surface area contributed by atoms with Crippen molar-refractivity contribution in [3.05, 3.63) is 60.1 Å². The fourth-order valence-corrected chi connectivity index (χ4v) is 2.98. The summed E-state index contributed by atoms with van der Waals surface area (Å²) in [6.45, 7) is 4.96. The highest BCUT2D eigenvalue weighted by atomic mass is 16.3. The van der Waals surface area contributed by atoms with Crippen molar-refractivity contribution >= 4 is 11.8 Å². The Morgan fingerprint density at radius 3 is 2.56 bits per heavy atom. The van der Waals surface area contributed by atoms with Gasteiger partial charge >= 0.3 is 0 Å². The highest BCUT2D eigenvalue weighted by molar-refractivity contribution is 5.92. The number of hydrogen-bond acceptors (Lipinski definition) is 3. The normalized spacial score (nSPS) is 18.8. The highest BCUT2D eigenvalue weighted by Crippen LogP contribution is 2.40. The lowest BCUT2D eigenvalue weighted by molar-refractivity contribution is -0.136. The van der Waals surface area contributed by atoms with Gasteiger partial charge in [-0.3, -0.25) is 9.59 Å². The molecule has 1 aromatic carbocycles. The third-order valence-corrected chi connectivity index (χ3v) is 4.56. The second-order valence-electron chi connectivity index (χ2n) is 6.79. The average molecular weight is 340 g/mol. The maximum Gasteiger partial charge on any atom is 0.227 e. The monoisotopic (exact) mass is 340 g/mol. The van der Waals surface area contributed by atoms with Crippen LogP contribution in [0.25, 0.3) is 0 Å². The van der Waals surface area contributed by atoms with E-state index in [1.807, 2.05) is 55.1 Å². The van der Waals surface area contributed by atoms with Crippen molar-refractivity contribution in [2.45, 2.75) is 39.4 Å². The Labute approximate surface area is 148 Å². The Kier molecular flexibility index (Phi) is 5.22. The average Bonchev–Trinajstić information content (AvgIpc) is 3.25. The van der Waals surface area contributed by atoms with Crippen molar-refractivity contribution in [1.82, 2.24) is 10.2 Å². The highest BCUT2D eigenvalue weighted by Gasteiger charge is 2.49. The van der Waals surface area contributed by atoms with Crippen LogP contribution in [0.4, 0.5) is 0 Å². The van der Waals surface area contributed by atoms with E-state index in [-0.39, 0.29) is 29.7 Å². The molecule has 3 rings (SSSR count). The zero-order valence-corrected chi connectivity index (χ0v) is 14.6. The molecular formula is C20H24N2O3. The topological polar surface area (TPSA) is 62.6 Å². The van der Waals surface area contributed by atoms with Crippen LogP contribution in [0.1, 0.15) is 31.6 Å². The summed E-state index contributed by atoms with van der Waals surface area (Å²) in [5.74, 6) is 0.280. The summed E-state index contributed by atoms with van der Waals surface area (Å²) >= 11 is 0. The molecule has 132 valence electrons. The van der Waals surface area contributed by atoms with Gasteiger partial charge in [0.15, 0.2) is 0 Å². The molecule has 0 radical (unpaired) electrons. The van der Waals surface area contributed by atoms with Crippen LogP contribution in [-0.4, -0.2) is 22.8 Å². The van der Waals surface area contributed by atoms with Gasteiger partial charge in [0, 0.05) is 12.6 Å². The van der Waals surface area contributed by atoms with Crippen molar-refractivity contribution in [2.24, 2.45) is 11.8 Å². The molecular weight excluding hydrogens is 316 g/mol. The third-order valence-electron chi connectivity index (χ3n) is 4.56. The predicted molar refractivity (Wildman–Crippen MR) is 94.3 cm³/mol. The van der Waals surface area contributed by atoms with E-state index in [0.29, 0.717) is 25.3 Å². The lowest BCUT2D eigenvalue weighted by Gasteiger charge is -2.27. The van der Waals surface area contributed by atoms with Gasteiger partial charge in [-0.2, -0.15) is 0 Å².